The first-order valence-corrected chi connectivity index (χ1v) is 6.93. The number of nitrogens with zero attached hydrogens (tertiary/aromatic N) is 2. The topological polar surface area (TPSA) is 84.7 Å². The Balaban J connectivity index is 1.97. The second-order valence-corrected chi connectivity index (χ2v) is 4.95. The molecule has 7 nitrogen and oxygen atoms in total. The molecular weight excluding hydrogens is 274 g/mol. The Labute approximate surface area is 123 Å². The second-order valence-electron chi connectivity index (χ2n) is 4.95. The van der Waals surface area contributed by atoms with Crippen LogP contribution in [0.5, 0.6) is 5.75 Å². The number of nitro groups is 1. The molecule has 1 amide bonds. The van der Waals surface area contributed by atoms with Gasteiger partial charge in [-0.15, -0.1) is 0 Å². The van der Waals surface area contributed by atoms with Crippen LogP contribution >= 0.6 is 0 Å². The molecule has 0 aromatic heterocycles. The number of rotatable bonds is 6. The molecule has 1 aliphatic heterocycles. The minimum atomic E-state index is -0.514. The van der Waals surface area contributed by atoms with Gasteiger partial charge >= 0.3 is 5.69 Å². The van der Waals surface area contributed by atoms with Crippen molar-refractivity contribution in [2.24, 2.45) is 0 Å². The molecule has 0 spiro atoms. The van der Waals surface area contributed by atoms with Gasteiger partial charge in [-0.2, -0.15) is 0 Å². The van der Waals surface area contributed by atoms with E-state index < -0.39 is 4.92 Å². The number of nitrogens with one attached hydrogen (secondary N) is 1. The third kappa shape index (κ3) is 3.69. The highest BCUT2D eigenvalue weighted by Crippen LogP contribution is 2.26. The third-order valence-electron chi connectivity index (χ3n) is 3.55. The van der Waals surface area contributed by atoms with Crippen LogP contribution in [-0.4, -0.2) is 48.5 Å². The molecule has 1 fully saturated rings. The molecular formula is C14H19N3O4. The minimum absolute atomic E-state index is 0.125. The van der Waals surface area contributed by atoms with E-state index in [9.17, 15) is 14.9 Å². The lowest BCUT2D eigenvalue weighted by molar-refractivity contribution is -0.385. The van der Waals surface area contributed by atoms with Gasteiger partial charge in [-0.05, 0) is 26.0 Å². The summed E-state index contributed by atoms with van der Waals surface area (Å²) < 4.78 is 5.35. The average Bonchev–Trinajstić information content (AvgIpc) is 2.93. The fraction of sp³-hybridized carbons (Fsp3) is 0.500. The number of likely N-dealkylation sites (tertiary alicyclic amines) is 1. The number of amides is 1. The molecule has 2 rings (SSSR count). The van der Waals surface area contributed by atoms with Crippen molar-refractivity contribution in [2.75, 3.05) is 26.7 Å². The predicted octanol–water partition coefficient (Wildman–Crippen LogP) is 1.18. The van der Waals surface area contributed by atoms with E-state index in [0.29, 0.717) is 6.54 Å². The molecule has 7 heteroatoms. The number of nitro benzene ring substituents is 1. The molecule has 0 radical (unpaired) electrons. The maximum Gasteiger partial charge on any atom is 0.310 e. The smallest absolute Gasteiger partial charge is 0.310 e. The van der Waals surface area contributed by atoms with E-state index in [1.54, 1.807) is 17.0 Å². The Kier molecular flexibility index (Phi) is 5.10. The zero-order valence-corrected chi connectivity index (χ0v) is 11.9. The Hall–Kier alpha value is -2.15. The van der Waals surface area contributed by atoms with E-state index in [1.165, 1.54) is 12.1 Å². The maximum absolute atomic E-state index is 12.2. The van der Waals surface area contributed by atoms with Crippen LogP contribution in [0.4, 0.5) is 5.69 Å². The van der Waals surface area contributed by atoms with E-state index in [1.807, 2.05) is 7.05 Å². The summed E-state index contributed by atoms with van der Waals surface area (Å²) in [7, 11) is 1.85. The Morgan fingerprint density at radius 3 is 3.00 bits per heavy atom. The molecule has 1 aromatic carbocycles. The summed E-state index contributed by atoms with van der Waals surface area (Å²) in [6.07, 6.45) is 1.95. The molecule has 1 atom stereocenters. The van der Waals surface area contributed by atoms with Gasteiger partial charge in [0.05, 0.1) is 4.92 Å². The first-order valence-electron chi connectivity index (χ1n) is 6.93. The molecule has 114 valence electrons. The highest BCUT2D eigenvalue weighted by Gasteiger charge is 2.28. The van der Waals surface area contributed by atoms with Gasteiger partial charge in [0.2, 0.25) is 0 Å². The molecule has 0 aliphatic carbocycles. The summed E-state index contributed by atoms with van der Waals surface area (Å²) in [6.45, 7) is 1.29. The van der Waals surface area contributed by atoms with E-state index in [2.05, 4.69) is 5.32 Å². The van der Waals surface area contributed by atoms with Crippen molar-refractivity contribution in [3.05, 3.63) is 34.4 Å². The van der Waals surface area contributed by atoms with Gasteiger partial charge in [-0.1, -0.05) is 12.1 Å². The average molecular weight is 293 g/mol. The van der Waals surface area contributed by atoms with Crippen molar-refractivity contribution in [2.45, 2.75) is 18.9 Å². The summed E-state index contributed by atoms with van der Waals surface area (Å²) in [5.74, 6) is -0.00823. The first-order chi connectivity index (χ1) is 10.1. The Bertz CT molecular complexity index is 521. The third-order valence-corrected chi connectivity index (χ3v) is 3.55. The number of hydrogen-bond donors (Lipinski definition) is 1. The molecule has 0 bridgehead atoms. The lowest BCUT2D eigenvalue weighted by Gasteiger charge is -2.24. The van der Waals surface area contributed by atoms with Crippen LogP contribution in [0.15, 0.2) is 24.3 Å². The van der Waals surface area contributed by atoms with E-state index >= 15 is 0 Å². The molecule has 0 saturated carbocycles. The lowest BCUT2D eigenvalue weighted by Crippen LogP contribution is -2.43. The van der Waals surface area contributed by atoms with E-state index in [0.717, 1.165) is 19.4 Å². The van der Waals surface area contributed by atoms with Gasteiger partial charge in [-0.25, -0.2) is 0 Å². The van der Waals surface area contributed by atoms with Crippen molar-refractivity contribution in [3.8, 4) is 5.75 Å². The zero-order valence-electron chi connectivity index (χ0n) is 11.9. The van der Waals surface area contributed by atoms with E-state index in [4.69, 9.17) is 4.74 Å². The van der Waals surface area contributed by atoms with Crippen LogP contribution in [0.1, 0.15) is 12.8 Å². The van der Waals surface area contributed by atoms with Crippen molar-refractivity contribution < 1.29 is 14.5 Å². The number of hydrogen-bond acceptors (Lipinski definition) is 5. The number of ether oxygens (including phenoxy) is 1. The molecule has 21 heavy (non-hydrogen) atoms. The summed E-state index contributed by atoms with van der Waals surface area (Å²) in [4.78, 5) is 24.3. The Morgan fingerprint density at radius 2 is 2.29 bits per heavy atom. The van der Waals surface area contributed by atoms with Crippen LogP contribution in [0, 0.1) is 10.1 Å². The fourth-order valence-electron chi connectivity index (χ4n) is 2.56. The van der Waals surface area contributed by atoms with Crippen molar-refractivity contribution in [1.82, 2.24) is 10.2 Å². The standard InChI is InChI=1S/C14H19N3O4/c1-15-9-11-5-4-8-16(11)14(18)10-21-13-7-3-2-6-12(13)17(19)20/h2-3,6-7,11,15H,4-5,8-10H2,1H3. The van der Waals surface area contributed by atoms with Gasteiger partial charge in [0.1, 0.15) is 0 Å². The number of likely N-dealkylation sites (N-methyl/N-ethyl adjacent to an activating group) is 1. The van der Waals surface area contributed by atoms with E-state index in [-0.39, 0.29) is 30.0 Å². The minimum Gasteiger partial charge on any atom is -0.477 e. The van der Waals surface area contributed by atoms with Crippen LogP contribution in [-0.2, 0) is 4.79 Å². The summed E-state index contributed by atoms with van der Waals surface area (Å²) in [5.41, 5.74) is -0.126. The van der Waals surface area contributed by atoms with Crippen LogP contribution < -0.4 is 10.1 Å². The number of para-hydroxylation sites is 2. The molecule has 1 aliphatic rings. The van der Waals surface area contributed by atoms with Crippen molar-refractivity contribution in [3.63, 3.8) is 0 Å². The lowest BCUT2D eigenvalue weighted by atomic mass is 10.2. The van der Waals surface area contributed by atoms with Crippen molar-refractivity contribution >= 4 is 11.6 Å². The second kappa shape index (κ2) is 7.03. The van der Waals surface area contributed by atoms with Gasteiger partial charge < -0.3 is 15.0 Å². The van der Waals surface area contributed by atoms with Gasteiger partial charge in [0.15, 0.2) is 12.4 Å². The monoisotopic (exact) mass is 293 g/mol. The molecule has 1 unspecified atom stereocenters. The number of carbonyl (C=O) groups excluding carboxylic acids is 1. The fourth-order valence-corrected chi connectivity index (χ4v) is 2.56. The summed E-state index contributed by atoms with van der Waals surface area (Å²) in [5, 5.41) is 14.0. The number of benzene rings is 1. The molecule has 1 aromatic rings. The quantitative estimate of drug-likeness (QED) is 0.629. The highest BCUT2D eigenvalue weighted by molar-refractivity contribution is 5.78. The maximum atomic E-state index is 12.2. The normalized spacial score (nSPS) is 17.8. The van der Waals surface area contributed by atoms with Gasteiger partial charge in [-0.3, -0.25) is 14.9 Å². The Morgan fingerprint density at radius 1 is 1.52 bits per heavy atom. The number of carbonyl (C=O) groups is 1. The summed E-state index contributed by atoms with van der Waals surface area (Å²) in [6, 6.07) is 6.25. The first kappa shape index (κ1) is 15.2. The van der Waals surface area contributed by atoms with Gasteiger partial charge in [0.25, 0.3) is 5.91 Å². The predicted molar refractivity (Wildman–Crippen MR) is 77.3 cm³/mol. The highest BCUT2D eigenvalue weighted by atomic mass is 16.6. The zero-order chi connectivity index (χ0) is 15.2. The summed E-state index contributed by atoms with van der Waals surface area (Å²) >= 11 is 0. The SMILES string of the molecule is CNCC1CCCN1C(=O)COc1ccccc1[N+](=O)[O-]. The van der Waals surface area contributed by atoms with Gasteiger partial charge in [0, 0.05) is 25.2 Å². The molecule has 1 N–H and O–H groups in total. The van der Waals surface area contributed by atoms with Crippen LogP contribution in [0.3, 0.4) is 0 Å². The van der Waals surface area contributed by atoms with Crippen LogP contribution in [0.2, 0.25) is 0 Å². The molecule has 1 saturated heterocycles. The largest absolute Gasteiger partial charge is 0.477 e. The van der Waals surface area contributed by atoms with Crippen molar-refractivity contribution in [1.29, 1.82) is 0 Å². The molecule has 1 heterocycles. The van der Waals surface area contributed by atoms with Crippen LogP contribution in [0.25, 0.3) is 0 Å².